The highest BCUT2D eigenvalue weighted by Gasteiger charge is 2.46. The minimum atomic E-state index is -3.98. The number of aliphatic hydroxyl groups is 3. The molecule has 0 bridgehead atoms. The third-order valence-electron chi connectivity index (χ3n) is 6.79. The molecule has 41 heavy (non-hydrogen) atoms. The van der Waals surface area contributed by atoms with Crippen molar-refractivity contribution in [2.75, 3.05) is 24.7 Å². The molecule has 220 valence electrons. The maximum absolute atomic E-state index is 12.1. The summed E-state index contributed by atoms with van der Waals surface area (Å²) in [5.74, 6) is 0.0182. The van der Waals surface area contributed by atoms with E-state index in [1.54, 1.807) is 4.57 Å². The molecule has 0 radical (unpaired) electrons. The van der Waals surface area contributed by atoms with Crippen molar-refractivity contribution in [3.8, 4) is 0 Å². The quantitative estimate of drug-likeness (QED) is 0.102. The SMILES string of the molecule is Nc1nc2c(ncn2[C@@H]2O[C@H](COP(O)(=S)O[C@H]3C[C@H](n4cnc5c(N)ncnc54)O[C@@H]3CO)[C@@H](O)[C@H]2O)c(=O)[nH]1. The molecular formula is C20H25N10O9PS. The largest absolute Gasteiger partial charge is 0.394 e. The van der Waals surface area contributed by atoms with Gasteiger partial charge in [0.2, 0.25) is 5.95 Å². The van der Waals surface area contributed by atoms with Crippen LogP contribution in [0.15, 0.2) is 23.8 Å². The highest BCUT2D eigenvalue weighted by molar-refractivity contribution is 8.07. The van der Waals surface area contributed by atoms with Crippen LogP contribution >= 0.6 is 6.72 Å². The molecule has 6 rings (SSSR count). The predicted octanol–water partition coefficient (Wildman–Crippen LogP) is -2.36. The van der Waals surface area contributed by atoms with Gasteiger partial charge in [-0.2, -0.15) is 4.98 Å². The van der Waals surface area contributed by atoms with E-state index in [9.17, 15) is 25.0 Å². The second kappa shape index (κ2) is 10.6. The number of imidazole rings is 2. The smallest absolute Gasteiger partial charge is 0.324 e. The first-order valence-electron chi connectivity index (χ1n) is 12.1. The van der Waals surface area contributed by atoms with E-state index in [0.717, 1.165) is 0 Å². The molecule has 4 aromatic heterocycles. The lowest BCUT2D eigenvalue weighted by atomic mass is 10.1. The van der Waals surface area contributed by atoms with Crippen molar-refractivity contribution in [3.05, 3.63) is 29.3 Å². The number of ether oxygens (including phenoxy) is 2. The molecule has 2 saturated heterocycles. The van der Waals surface area contributed by atoms with Crippen molar-refractivity contribution < 1.29 is 38.7 Å². The lowest BCUT2D eigenvalue weighted by Crippen LogP contribution is -2.34. The van der Waals surface area contributed by atoms with Crippen LogP contribution < -0.4 is 17.0 Å². The van der Waals surface area contributed by atoms with Gasteiger partial charge in [0.05, 0.1) is 32.0 Å². The number of nitrogens with two attached hydrogens (primary N) is 2. The molecule has 19 nitrogen and oxygen atoms in total. The van der Waals surface area contributed by atoms with E-state index in [1.807, 2.05) is 0 Å². The van der Waals surface area contributed by atoms with Crippen LogP contribution in [0.2, 0.25) is 0 Å². The van der Waals surface area contributed by atoms with E-state index in [0.29, 0.717) is 11.2 Å². The number of aliphatic hydroxyl groups excluding tert-OH is 3. The minimum absolute atomic E-state index is 0.0327. The molecule has 0 saturated carbocycles. The Hall–Kier alpha value is -3.17. The van der Waals surface area contributed by atoms with Crippen molar-refractivity contribution in [2.24, 2.45) is 0 Å². The minimum Gasteiger partial charge on any atom is -0.394 e. The molecule has 0 aliphatic carbocycles. The third-order valence-corrected chi connectivity index (χ3v) is 8.38. The van der Waals surface area contributed by atoms with Gasteiger partial charge >= 0.3 is 6.72 Å². The number of anilines is 2. The normalized spacial score (nSPS) is 29.9. The Labute approximate surface area is 233 Å². The van der Waals surface area contributed by atoms with Crippen LogP contribution in [0.4, 0.5) is 11.8 Å². The summed E-state index contributed by atoms with van der Waals surface area (Å²) < 4.78 is 25.6. The zero-order valence-corrected chi connectivity index (χ0v) is 22.6. The van der Waals surface area contributed by atoms with Crippen LogP contribution in [0.5, 0.6) is 0 Å². The molecule has 6 heterocycles. The Morgan fingerprint density at radius 3 is 2.61 bits per heavy atom. The van der Waals surface area contributed by atoms with Crippen LogP contribution in [0.25, 0.3) is 22.3 Å². The number of rotatable bonds is 8. The molecule has 9 N–H and O–H groups in total. The number of nitrogens with one attached hydrogen (secondary N) is 1. The molecule has 21 heteroatoms. The van der Waals surface area contributed by atoms with Gasteiger partial charge < -0.3 is 50.2 Å². The van der Waals surface area contributed by atoms with Gasteiger partial charge in [0.1, 0.15) is 42.5 Å². The van der Waals surface area contributed by atoms with Gasteiger partial charge in [0.15, 0.2) is 28.9 Å². The van der Waals surface area contributed by atoms with Gasteiger partial charge in [-0.05, 0) is 11.8 Å². The summed E-state index contributed by atoms with van der Waals surface area (Å²) in [5, 5.41) is 31.1. The molecule has 0 aromatic carbocycles. The van der Waals surface area contributed by atoms with Crippen LogP contribution in [-0.2, 0) is 30.3 Å². The molecule has 2 aliphatic heterocycles. The van der Waals surface area contributed by atoms with Crippen LogP contribution in [0.3, 0.4) is 0 Å². The van der Waals surface area contributed by atoms with Gasteiger partial charge in [-0.1, -0.05) is 0 Å². The highest BCUT2D eigenvalue weighted by Crippen LogP contribution is 2.49. The number of nitrogens with zero attached hydrogens (tertiary/aromatic N) is 7. The van der Waals surface area contributed by atoms with Crippen molar-refractivity contribution in [3.63, 3.8) is 0 Å². The highest BCUT2D eigenvalue weighted by atomic mass is 32.5. The number of H-pyrrole nitrogens is 1. The first-order valence-corrected chi connectivity index (χ1v) is 14.7. The summed E-state index contributed by atoms with van der Waals surface area (Å²) in [6.45, 7) is -4.89. The maximum atomic E-state index is 12.1. The summed E-state index contributed by atoms with van der Waals surface area (Å²) in [6.07, 6.45) is -3.63. The summed E-state index contributed by atoms with van der Waals surface area (Å²) in [4.78, 5) is 45.5. The fraction of sp³-hybridized carbons (Fsp3) is 0.500. The van der Waals surface area contributed by atoms with E-state index in [-0.39, 0.29) is 29.4 Å². The van der Waals surface area contributed by atoms with Crippen molar-refractivity contribution >= 4 is 52.6 Å². The summed E-state index contributed by atoms with van der Waals surface area (Å²) in [6, 6.07) is 0. The van der Waals surface area contributed by atoms with Gasteiger partial charge in [-0.3, -0.25) is 18.9 Å². The van der Waals surface area contributed by atoms with Crippen molar-refractivity contribution in [1.29, 1.82) is 0 Å². The van der Waals surface area contributed by atoms with E-state index in [2.05, 4.69) is 29.9 Å². The number of hydrogen-bond donors (Lipinski definition) is 7. The fourth-order valence-electron chi connectivity index (χ4n) is 4.82. The number of aromatic amines is 1. The first kappa shape index (κ1) is 28.0. The topological polar surface area (TPSA) is 277 Å². The second-order valence-electron chi connectivity index (χ2n) is 9.36. The number of fused-ring (bicyclic) bond motifs is 2. The zero-order chi connectivity index (χ0) is 29.1. The van der Waals surface area contributed by atoms with Gasteiger partial charge in [-0.15, -0.1) is 0 Å². The van der Waals surface area contributed by atoms with Crippen LogP contribution in [0, 0.1) is 0 Å². The molecule has 8 atom stereocenters. The molecular weight excluding hydrogens is 587 g/mol. The van der Waals surface area contributed by atoms with Crippen molar-refractivity contribution in [1.82, 2.24) is 39.0 Å². The van der Waals surface area contributed by atoms with E-state index in [1.165, 1.54) is 23.5 Å². The molecule has 0 amide bonds. The summed E-state index contributed by atoms with van der Waals surface area (Å²) in [7, 11) is 0. The zero-order valence-electron chi connectivity index (χ0n) is 20.9. The Kier molecular flexibility index (Phi) is 7.22. The lowest BCUT2D eigenvalue weighted by Gasteiger charge is -2.24. The van der Waals surface area contributed by atoms with E-state index < -0.39 is 68.5 Å². The van der Waals surface area contributed by atoms with Gasteiger partial charge in [0.25, 0.3) is 5.56 Å². The molecule has 2 fully saturated rings. The second-order valence-corrected chi connectivity index (χ2v) is 12.2. The summed E-state index contributed by atoms with van der Waals surface area (Å²) in [5.41, 5.74) is 11.7. The van der Waals surface area contributed by atoms with E-state index >= 15 is 0 Å². The average Bonchev–Trinajstić information content (AvgIpc) is 3.69. The van der Waals surface area contributed by atoms with Crippen LogP contribution in [0.1, 0.15) is 18.9 Å². The van der Waals surface area contributed by atoms with Crippen LogP contribution in [-0.4, -0.2) is 103 Å². The molecule has 4 aromatic rings. The Morgan fingerprint density at radius 1 is 1.07 bits per heavy atom. The van der Waals surface area contributed by atoms with Gasteiger partial charge in [-0.25, -0.2) is 19.9 Å². The third kappa shape index (κ3) is 5.07. The molecule has 0 spiro atoms. The standard InChI is InChI=1S/C20H25N10O9PS/c21-15-11-16(24-4-23-15)29(5-25-11)10-1-7(8(2-31)37-10)39-40(35,41)36-3-9-13(32)14(33)19(38-9)30-6-26-12-17(30)27-20(22)28-18(12)34/h4-10,13-14,19,31-33H,1-3H2,(H,35,41)(H2,21,23,24)(H3,22,27,28,34)/t7-,8+,9+,10+,13+,14+,19+,40?/m0/s1. The monoisotopic (exact) mass is 612 g/mol. The Balaban J connectivity index is 1.12. The Morgan fingerprint density at radius 2 is 1.83 bits per heavy atom. The number of nitrogen functional groups attached to an aromatic ring is 2. The maximum Gasteiger partial charge on any atom is 0.324 e. The van der Waals surface area contributed by atoms with E-state index in [4.69, 9.17) is 41.8 Å². The fourth-order valence-corrected chi connectivity index (χ4v) is 6.30. The lowest BCUT2D eigenvalue weighted by molar-refractivity contribution is -0.0546. The average molecular weight is 613 g/mol. The summed E-state index contributed by atoms with van der Waals surface area (Å²) >= 11 is 5.17. The number of aromatic nitrogens is 8. The van der Waals surface area contributed by atoms with Gasteiger partial charge in [0, 0.05) is 6.42 Å². The van der Waals surface area contributed by atoms with Crippen molar-refractivity contribution in [2.45, 2.75) is 49.4 Å². The predicted molar refractivity (Wildman–Crippen MR) is 141 cm³/mol. The molecule has 1 unspecified atom stereocenters. The first-order chi connectivity index (χ1) is 19.6. The Bertz CT molecular complexity index is 1700. The number of hydrogen-bond acceptors (Lipinski definition) is 16. The molecule has 2 aliphatic rings.